The molecule has 66 heavy (non-hydrogen) atoms. The summed E-state index contributed by atoms with van der Waals surface area (Å²) in [7, 11) is -2.83. The van der Waals surface area contributed by atoms with Gasteiger partial charge >= 0.3 is 7.40 Å². The summed E-state index contributed by atoms with van der Waals surface area (Å²) >= 11 is 0. The van der Waals surface area contributed by atoms with E-state index in [9.17, 15) is 0 Å². The van der Waals surface area contributed by atoms with Crippen molar-refractivity contribution >= 4 is 78.6 Å². The highest BCUT2D eigenvalue weighted by Gasteiger charge is 2.25. The van der Waals surface area contributed by atoms with Gasteiger partial charge < -0.3 is 13.6 Å². The lowest BCUT2D eigenvalue weighted by molar-refractivity contribution is 0.590. The van der Waals surface area contributed by atoms with Crippen molar-refractivity contribution < 1.29 is 8.63 Å². The van der Waals surface area contributed by atoms with Gasteiger partial charge in [-0.05, 0) is 158 Å². The smallest absolute Gasteiger partial charge is 0.310 e. The summed E-state index contributed by atoms with van der Waals surface area (Å²) in [6, 6.07) is 46.4. The van der Waals surface area contributed by atoms with Crippen LogP contribution in [-0.4, -0.2) is 26.0 Å². The third kappa shape index (κ3) is 7.39. The summed E-state index contributed by atoms with van der Waals surface area (Å²) in [4.78, 5) is 9.63. The van der Waals surface area contributed by atoms with E-state index in [0.717, 1.165) is 48.8 Å². The molecule has 0 N–H and O–H groups in total. The molecular formula is C58H58BF2N5. The molecule has 0 unspecified atom stereocenters. The Morgan fingerprint density at radius 2 is 0.788 bits per heavy atom. The van der Waals surface area contributed by atoms with Gasteiger partial charge in [-0.25, -0.2) is 9.98 Å². The maximum Gasteiger partial charge on any atom is 0.679 e. The number of halogens is 2. The second kappa shape index (κ2) is 15.0. The van der Waals surface area contributed by atoms with Crippen LogP contribution in [0.2, 0.25) is 0 Å². The fourth-order valence-corrected chi connectivity index (χ4v) is 9.59. The molecule has 0 aliphatic carbocycles. The molecular weight excluding hydrogens is 815 g/mol. The molecule has 8 heteroatoms. The lowest BCUT2D eigenvalue weighted by atomic mass is 9.85. The number of pyridine rings is 2. The number of hydrogen-bond acceptors (Lipinski definition) is 2. The zero-order valence-corrected chi connectivity index (χ0v) is 40.3. The summed E-state index contributed by atoms with van der Waals surface area (Å²) in [5.41, 5.74) is 12.7. The fourth-order valence-electron chi connectivity index (χ4n) is 9.59. The third-order valence-electron chi connectivity index (χ3n) is 13.5. The van der Waals surface area contributed by atoms with Crippen LogP contribution in [0.5, 0.6) is 0 Å². The van der Waals surface area contributed by atoms with Gasteiger partial charge in [-0.3, -0.25) is 8.63 Å². The number of benzene rings is 6. The number of nitrogens with zero attached hydrogens (tertiary/aromatic N) is 5. The van der Waals surface area contributed by atoms with E-state index in [2.05, 4.69) is 177 Å². The minimum Gasteiger partial charge on any atom is -0.310 e. The van der Waals surface area contributed by atoms with Crippen molar-refractivity contribution in [2.24, 2.45) is 4.99 Å². The molecule has 10 rings (SSSR count). The normalized spacial score (nSPS) is 13.4. The maximum absolute atomic E-state index is 15.2. The van der Waals surface area contributed by atoms with Gasteiger partial charge in [0.25, 0.3) is 0 Å². The maximum atomic E-state index is 15.2. The first kappa shape index (κ1) is 43.4. The molecule has 0 atom stereocenters. The highest BCUT2D eigenvalue weighted by molar-refractivity contribution is 6.42. The van der Waals surface area contributed by atoms with Crippen LogP contribution in [0.4, 0.5) is 14.4 Å². The van der Waals surface area contributed by atoms with Gasteiger partial charge in [0.05, 0.1) is 27.6 Å². The molecule has 4 heterocycles. The average molecular weight is 874 g/mol. The van der Waals surface area contributed by atoms with Gasteiger partial charge in [0.1, 0.15) is 5.49 Å². The number of hydrogen-bond donors (Lipinski definition) is 0. The van der Waals surface area contributed by atoms with Crippen molar-refractivity contribution in [3.05, 3.63) is 161 Å². The largest absolute Gasteiger partial charge is 0.679 e. The molecule has 332 valence electrons. The van der Waals surface area contributed by atoms with E-state index in [1.165, 1.54) is 43.8 Å². The van der Waals surface area contributed by atoms with E-state index in [1.54, 1.807) is 12.1 Å². The van der Waals surface area contributed by atoms with Crippen LogP contribution in [0.15, 0.2) is 138 Å². The van der Waals surface area contributed by atoms with Crippen LogP contribution in [0.25, 0.3) is 76.8 Å². The van der Waals surface area contributed by atoms with Crippen LogP contribution in [0.1, 0.15) is 105 Å². The molecule has 0 saturated heterocycles. The number of fused-ring (bicyclic) bond motifs is 8. The Morgan fingerprint density at radius 1 is 0.409 bits per heavy atom. The molecule has 0 radical (unpaired) electrons. The van der Waals surface area contributed by atoms with Gasteiger partial charge in [0.15, 0.2) is 5.82 Å². The van der Waals surface area contributed by atoms with E-state index in [1.807, 2.05) is 36.4 Å². The second-order valence-corrected chi connectivity index (χ2v) is 22.3. The Labute approximate surface area is 386 Å². The molecule has 0 amide bonds. The standard InChI is InChI=1S/C58H58BF2N5/c1-55(2,3)37-15-22-49-43(31-37)44-32-38(56(4,5)6)16-23-50(44)64(49)41-19-21-47-35(29-41)13-27-53(62-47)63-54-28-14-36-30-42(20-26-48(36)66(54)59(60)61)65-51-24-17-39(57(7,8)9)33-45(51)46-34-40(58(10,11)12)18-25-52(46)65/h13-34H,1-12H3. The summed E-state index contributed by atoms with van der Waals surface area (Å²) in [5.74, 6) is 0.358. The molecule has 6 aromatic carbocycles. The number of aromatic nitrogens is 4. The topological polar surface area (TPSA) is 40.0 Å². The van der Waals surface area contributed by atoms with Gasteiger partial charge in [0, 0.05) is 43.8 Å². The van der Waals surface area contributed by atoms with Crippen LogP contribution in [0, 0.1) is 0 Å². The van der Waals surface area contributed by atoms with Gasteiger partial charge in [0.2, 0.25) is 0 Å². The summed E-state index contributed by atoms with van der Waals surface area (Å²) < 4.78 is 36.0. The predicted octanol–water partition coefficient (Wildman–Crippen LogP) is 15.6. The first-order chi connectivity index (χ1) is 31.0. The molecule has 0 bridgehead atoms. The molecule has 0 aliphatic heterocycles. The summed E-state index contributed by atoms with van der Waals surface area (Å²) in [6.45, 7) is 26.9. The molecule has 5 nitrogen and oxygen atoms in total. The Hall–Kier alpha value is -6.54. The molecule has 0 aliphatic rings. The van der Waals surface area contributed by atoms with Crippen LogP contribution in [0.3, 0.4) is 0 Å². The van der Waals surface area contributed by atoms with E-state index < -0.39 is 7.40 Å². The lowest BCUT2D eigenvalue weighted by Crippen LogP contribution is -2.29. The van der Waals surface area contributed by atoms with E-state index in [-0.39, 0.29) is 27.1 Å². The van der Waals surface area contributed by atoms with Gasteiger partial charge in [-0.2, -0.15) is 0 Å². The van der Waals surface area contributed by atoms with Crippen LogP contribution < -0.4 is 5.49 Å². The number of rotatable bonds is 4. The molecule has 0 fully saturated rings. The summed E-state index contributed by atoms with van der Waals surface area (Å²) in [6.07, 6.45) is 0. The van der Waals surface area contributed by atoms with E-state index in [4.69, 9.17) is 9.98 Å². The predicted molar refractivity (Wildman–Crippen MR) is 276 cm³/mol. The summed E-state index contributed by atoms with van der Waals surface area (Å²) in [5, 5.41) is 6.43. The lowest BCUT2D eigenvalue weighted by Gasteiger charge is -2.19. The first-order valence-corrected chi connectivity index (χ1v) is 23.1. The Balaban J connectivity index is 1.06. The monoisotopic (exact) mass is 873 g/mol. The van der Waals surface area contributed by atoms with Crippen molar-refractivity contribution in [2.75, 3.05) is 0 Å². The van der Waals surface area contributed by atoms with E-state index in [0.29, 0.717) is 16.7 Å². The van der Waals surface area contributed by atoms with Crippen molar-refractivity contribution in [3.63, 3.8) is 0 Å². The van der Waals surface area contributed by atoms with Crippen LogP contribution in [-0.2, 0) is 21.7 Å². The Kier molecular flexibility index (Phi) is 9.85. The highest BCUT2D eigenvalue weighted by Crippen LogP contribution is 2.40. The first-order valence-electron chi connectivity index (χ1n) is 23.1. The zero-order valence-electron chi connectivity index (χ0n) is 40.3. The third-order valence-corrected chi connectivity index (χ3v) is 13.5. The van der Waals surface area contributed by atoms with Crippen molar-refractivity contribution in [3.8, 4) is 11.4 Å². The molecule has 4 aromatic heterocycles. The van der Waals surface area contributed by atoms with Crippen molar-refractivity contribution in [1.29, 1.82) is 0 Å². The van der Waals surface area contributed by atoms with Gasteiger partial charge in [-0.15, -0.1) is 0 Å². The minimum absolute atomic E-state index is 0.00938. The highest BCUT2D eigenvalue weighted by atomic mass is 19.2. The second-order valence-electron chi connectivity index (χ2n) is 22.3. The van der Waals surface area contributed by atoms with Crippen molar-refractivity contribution in [1.82, 2.24) is 18.6 Å². The molecule has 0 spiro atoms. The molecule has 0 saturated carbocycles. The van der Waals surface area contributed by atoms with Crippen molar-refractivity contribution in [2.45, 2.75) is 105 Å². The van der Waals surface area contributed by atoms with Crippen LogP contribution >= 0.6 is 0 Å². The van der Waals surface area contributed by atoms with Gasteiger partial charge in [-0.1, -0.05) is 107 Å². The molecule has 10 aromatic rings. The minimum atomic E-state index is -2.83. The average Bonchev–Trinajstić information content (AvgIpc) is 3.76. The fraction of sp³-hybridized carbons (Fsp3) is 0.276. The van der Waals surface area contributed by atoms with E-state index >= 15 is 8.63 Å². The Morgan fingerprint density at radius 3 is 1.20 bits per heavy atom. The quantitative estimate of drug-likeness (QED) is 0.162. The SMILES string of the molecule is CC(C)(C)c1ccc2c(c1)c1cc(C(C)(C)C)ccc1n2-c1ccc2nc(N=c3ccc4cc(-n5c6ccc(C(C)(C)C)cc6c6cc(C(C)(C)C)ccc65)ccc4n3B(F)F)ccc2c1. The Bertz CT molecular complexity index is 3530. The zero-order chi connectivity index (χ0) is 46.8.